The largest absolute Gasteiger partial charge is 0.497 e. The molecular formula is C15H18N2O2. The summed E-state index contributed by atoms with van der Waals surface area (Å²) < 4.78 is 6.74. The van der Waals surface area contributed by atoms with E-state index in [0.29, 0.717) is 0 Å². The zero-order valence-electron chi connectivity index (χ0n) is 11.4. The Morgan fingerprint density at radius 2 is 1.79 bits per heavy atom. The molecule has 0 bridgehead atoms. The van der Waals surface area contributed by atoms with E-state index in [-0.39, 0.29) is 17.3 Å². The predicted octanol–water partition coefficient (Wildman–Crippen LogP) is 2.69. The van der Waals surface area contributed by atoms with Gasteiger partial charge in [-0.15, -0.1) is 0 Å². The van der Waals surface area contributed by atoms with E-state index in [1.54, 1.807) is 17.9 Å². The zero-order valence-corrected chi connectivity index (χ0v) is 11.4. The predicted molar refractivity (Wildman–Crippen MR) is 77.5 cm³/mol. The first-order chi connectivity index (χ1) is 9.04. The van der Waals surface area contributed by atoms with E-state index in [2.05, 4.69) is 0 Å². The number of hydrogen-bond acceptors (Lipinski definition) is 3. The number of nitrogens with two attached hydrogens (primary N) is 1. The molecule has 0 aliphatic heterocycles. The molecule has 4 heteroatoms. The summed E-state index contributed by atoms with van der Waals surface area (Å²) in [5.41, 5.74) is 7.75. The van der Waals surface area contributed by atoms with Gasteiger partial charge in [-0.1, -0.05) is 12.1 Å². The Labute approximate surface area is 112 Å². The zero-order chi connectivity index (χ0) is 14.0. The fourth-order valence-corrected chi connectivity index (χ4v) is 2.00. The van der Waals surface area contributed by atoms with Gasteiger partial charge in [0.2, 0.25) is 0 Å². The Bertz CT molecular complexity index is 628. The highest BCUT2D eigenvalue weighted by Gasteiger charge is 2.10. The number of rotatable bonds is 3. The summed E-state index contributed by atoms with van der Waals surface area (Å²) >= 11 is 0. The normalized spacial score (nSPS) is 10.7. The maximum Gasteiger partial charge on any atom is 0.274 e. The van der Waals surface area contributed by atoms with E-state index in [1.165, 1.54) is 0 Å². The van der Waals surface area contributed by atoms with E-state index >= 15 is 0 Å². The molecule has 2 rings (SSSR count). The van der Waals surface area contributed by atoms with E-state index in [1.807, 2.05) is 44.2 Å². The molecule has 100 valence electrons. The van der Waals surface area contributed by atoms with E-state index in [4.69, 9.17) is 10.5 Å². The first-order valence-electron chi connectivity index (χ1n) is 6.19. The van der Waals surface area contributed by atoms with Crippen molar-refractivity contribution in [2.75, 3.05) is 12.8 Å². The van der Waals surface area contributed by atoms with Crippen LogP contribution in [0.1, 0.15) is 19.9 Å². The van der Waals surface area contributed by atoms with Gasteiger partial charge in [-0.3, -0.25) is 4.79 Å². The minimum absolute atomic E-state index is 0.0970. The third-order valence-corrected chi connectivity index (χ3v) is 3.11. The first kappa shape index (κ1) is 13.2. The fourth-order valence-electron chi connectivity index (χ4n) is 2.00. The second-order valence-electron chi connectivity index (χ2n) is 4.68. The smallest absolute Gasteiger partial charge is 0.274 e. The third kappa shape index (κ3) is 2.47. The van der Waals surface area contributed by atoms with Crippen molar-refractivity contribution in [2.24, 2.45) is 0 Å². The molecule has 0 fully saturated rings. The Balaban J connectivity index is 2.51. The number of nitrogens with zero attached hydrogens (tertiary/aromatic N) is 1. The van der Waals surface area contributed by atoms with Crippen LogP contribution in [0.3, 0.4) is 0 Å². The van der Waals surface area contributed by atoms with Gasteiger partial charge in [0, 0.05) is 17.8 Å². The minimum atomic E-state index is -0.150. The van der Waals surface area contributed by atoms with Crippen molar-refractivity contribution in [2.45, 2.75) is 19.9 Å². The van der Waals surface area contributed by atoms with Crippen molar-refractivity contribution >= 4 is 5.69 Å². The molecule has 1 aromatic heterocycles. The molecule has 0 saturated carbocycles. The second-order valence-corrected chi connectivity index (χ2v) is 4.68. The van der Waals surface area contributed by atoms with Gasteiger partial charge >= 0.3 is 0 Å². The molecule has 1 aromatic carbocycles. The number of nitrogen functional groups attached to an aromatic ring is 1. The van der Waals surface area contributed by atoms with E-state index < -0.39 is 0 Å². The molecule has 0 atom stereocenters. The first-order valence-corrected chi connectivity index (χ1v) is 6.19. The SMILES string of the molecule is COc1ccc(-c2ccn(C(C)C)c(=O)c2N)cc1. The van der Waals surface area contributed by atoms with Gasteiger partial charge in [-0.2, -0.15) is 0 Å². The van der Waals surface area contributed by atoms with Crippen LogP contribution >= 0.6 is 0 Å². The Morgan fingerprint density at radius 3 is 2.32 bits per heavy atom. The van der Waals surface area contributed by atoms with Crippen LogP contribution in [-0.2, 0) is 0 Å². The number of pyridine rings is 1. The van der Waals surface area contributed by atoms with E-state index in [0.717, 1.165) is 16.9 Å². The molecular weight excluding hydrogens is 240 g/mol. The Morgan fingerprint density at radius 1 is 1.16 bits per heavy atom. The van der Waals surface area contributed by atoms with Crippen LogP contribution < -0.4 is 16.0 Å². The summed E-state index contributed by atoms with van der Waals surface area (Å²) in [5.74, 6) is 0.776. The average Bonchev–Trinajstić information content (AvgIpc) is 2.41. The Kier molecular flexibility index (Phi) is 3.60. The molecule has 0 aliphatic rings. The Hall–Kier alpha value is -2.23. The van der Waals surface area contributed by atoms with Crippen LogP contribution in [0.25, 0.3) is 11.1 Å². The van der Waals surface area contributed by atoms with Gasteiger partial charge in [-0.05, 0) is 37.6 Å². The summed E-state index contributed by atoms with van der Waals surface area (Å²) in [5, 5.41) is 0. The molecule has 0 aliphatic carbocycles. The number of methoxy groups -OCH3 is 1. The number of aromatic nitrogens is 1. The molecule has 0 unspecified atom stereocenters. The lowest BCUT2D eigenvalue weighted by Crippen LogP contribution is -2.24. The van der Waals surface area contributed by atoms with Gasteiger partial charge in [-0.25, -0.2) is 0 Å². The van der Waals surface area contributed by atoms with Crippen LogP contribution in [0.15, 0.2) is 41.3 Å². The molecule has 2 aromatic rings. The van der Waals surface area contributed by atoms with E-state index in [9.17, 15) is 4.79 Å². The number of hydrogen-bond donors (Lipinski definition) is 1. The number of ether oxygens (including phenoxy) is 1. The molecule has 0 amide bonds. The molecule has 0 saturated heterocycles. The topological polar surface area (TPSA) is 57.2 Å². The van der Waals surface area contributed by atoms with Crippen LogP contribution in [0.2, 0.25) is 0 Å². The molecule has 19 heavy (non-hydrogen) atoms. The summed E-state index contributed by atoms with van der Waals surface area (Å²) in [4.78, 5) is 12.1. The lowest BCUT2D eigenvalue weighted by Gasteiger charge is -2.13. The molecule has 1 heterocycles. The number of anilines is 1. The van der Waals surface area contributed by atoms with Crippen molar-refractivity contribution in [3.8, 4) is 16.9 Å². The standard InChI is InChI=1S/C15H18N2O2/c1-10(2)17-9-8-13(14(16)15(17)18)11-4-6-12(19-3)7-5-11/h4-10H,16H2,1-3H3. The molecule has 0 radical (unpaired) electrons. The van der Waals surface area contributed by atoms with Crippen LogP contribution in [0.5, 0.6) is 5.75 Å². The van der Waals surface area contributed by atoms with Crippen molar-refractivity contribution in [3.05, 3.63) is 46.9 Å². The quantitative estimate of drug-likeness (QED) is 0.920. The second kappa shape index (κ2) is 5.18. The minimum Gasteiger partial charge on any atom is -0.497 e. The highest BCUT2D eigenvalue weighted by atomic mass is 16.5. The van der Waals surface area contributed by atoms with Gasteiger partial charge in [0.15, 0.2) is 0 Å². The lowest BCUT2D eigenvalue weighted by molar-refractivity contribution is 0.415. The van der Waals surface area contributed by atoms with Gasteiger partial charge in [0.25, 0.3) is 5.56 Å². The van der Waals surface area contributed by atoms with Crippen molar-refractivity contribution < 1.29 is 4.74 Å². The summed E-state index contributed by atoms with van der Waals surface area (Å²) in [6.45, 7) is 3.90. The maximum atomic E-state index is 12.1. The molecule has 4 nitrogen and oxygen atoms in total. The maximum absolute atomic E-state index is 12.1. The van der Waals surface area contributed by atoms with Crippen LogP contribution in [0.4, 0.5) is 5.69 Å². The van der Waals surface area contributed by atoms with Gasteiger partial charge in [0.1, 0.15) is 11.4 Å². The van der Waals surface area contributed by atoms with Gasteiger partial charge in [0.05, 0.1) is 7.11 Å². The van der Waals surface area contributed by atoms with Gasteiger partial charge < -0.3 is 15.0 Å². The van der Waals surface area contributed by atoms with Crippen molar-refractivity contribution in [1.82, 2.24) is 4.57 Å². The lowest BCUT2D eigenvalue weighted by atomic mass is 10.1. The average molecular weight is 258 g/mol. The highest BCUT2D eigenvalue weighted by Crippen LogP contribution is 2.25. The van der Waals surface area contributed by atoms with Crippen molar-refractivity contribution in [3.63, 3.8) is 0 Å². The summed E-state index contributed by atoms with van der Waals surface area (Å²) in [7, 11) is 1.62. The monoisotopic (exact) mass is 258 g/mol. The van der Waals surface area contributed by atoms with Crippen LogP contribution in [-0.4, -0.2) is 11.7 Å². The molecule has 0 spiro atoms. The molecule has 2 N–H and O–H groups in total. The van der Waals surface area contributed by atoms with Crippen molar-refractivity contribution in [1.29, 1.82) is 0 Å². The van der Waals surface area contributed by atoms with Crippen LogP contribution in [0, 0.1) is 0 Å². The third-order valence-electron chi connectivity index (χ3n) is 3.11. The number of benzene rings is 1. The summed E-state index contributed by atoms with van der Waals surface area (Å²) in [6.07, 6.45) is 1.78. The summed E-state index contributed by atoms with van der Waals surface area (Å²) in [6, 6.07) is 9.46. The fraction of sp³-hybridized carbons (Fsp3) is 0.267. The highest BCUT2D eigenvalue weighted by molar-refractivity contribution is 5.75.